The molecule has 4 heteroatoms. The Hall–Kier alpha value is -2.77. The molecule has 2 aromatic carbocycles. The summed E-state index contributed by atoms with van der Waals surface area (Å²) in [7, 11) is 0. The number of hydrogen-bond acceptors (Lipinski definition) is 2. The fourth-order valence-corrected chi connectivity index (χ4v) is 1.71. The number of carbonyl (C=O) groups excluding carboxylic acids is 1. The standard InChI is InChI=1S/C17H16N2O2/c20-12-5-4-7-14-8-6-11-16(13-14)19-17(21)18-15-9-2-1-3-10-15/h1-3,6,8-11,13,20H,5,12H2,(H2,18,19,21). The Kier molecular flexibility index (Phi) is 5.39. The molecular formula is C17H16N2O2. The Bertz CT molecular complexity index is 657. The van der Waals surface area contributed by atoms with E-state index in [4.69, 9.17) is 5.11 Å². The second-order valence-corrected chi connectivity index (χ2v) is 4.30. The van der Waals surface area contributed by atoms with E-state index in [0.717, 1.165) is 11.3 Å². The van der Waals surface area contributed by atoms with E-state index in [1.54, 1.807) is 12.1 Å². The van der Waals surface area contributed by atoms with Crippen molar-refractivity contribution in [1.82, 2.24) is 0 Å². The first-order valence-corrected chi connectivity index (χ1v) is 6.61. The first-order valence-electron chi connectivity index (χ1n) is 6.61. The fourth-order valence-electron chi connectivity index (χ4n) is 1.71. The molecular weight excluding hydrogens is 264 g/mol. The largest absolute Gasteiger partial charge is 0.395 e. The second-order valence-electron chi connectivity index (χ2n) is 4.30. The third-order valence-corrected chi connectivity index (χ3v) is 2.62. The van der Waals surface area contributed by atoms with E-state index in [9.17, 15) is 4.79 Å². The highest BCUT2D eigenvalue weighted by molar-refractivity contribution is 5.99. The van der Waals surface area contributed by atoms with E-state index in [-0.39, 0.29) is 12.6 Å². The number of carbonyl (C=O) groups is 1. The molecule has 0 atom stereocenters. The van der Waals surface area contributed by atoms with E-state index in [1.165, 1.54) is 0 Å². The summed E-state index contributed by atoms with van der Waals surface area (Å²) < 4.78 is 0. The van der Waals surface area contributed by atoms with Crippen LogP contribution in [0.5, 0.6) is 0 Å². The van der Waals surface area contributed by atoms with Crippen molar-refractivity contribution in [3.8, 4) is 11.8 Å². The van der Waals surface area contributed by atoms with Crippen molar-refractivity contribution < 1.29 is 9.90 Å². The van der Waals surface area contributed by atoms with Crippen LogP contribution in [-0.2, 0) is 0 Å². The van der Waals surface area contributed by atoms with Gasteiger partial charge in [0.05, 0.1) is 6.61 Å². The molecule has 0 aromatic heterocycles. The molecule has 2 aromatic rings. The van der Waals surface area contributed by atoms with Gasteiger partial charge in [-0.1, -0.05) is 36.1 Å². The Labute approximate surface area is 123 Å². The number of aliphatic hydroxyl groups is 1. The highest BCUT2D eigenvalue weighted by atomic mass is 16.2. The molecule has 0 spiro atoms. The van der Waals surface area contributed by atoms with E-state index >= 15 is 0 Å². The van der Waals surface area contributed by atoms with Gasteiger partial charge in [-0.3, -0.25) is 0 Å². The summed E-state index contributed by atoms with van der Waals surface area (Å²) in [5.41, 5.74) is 2.19. The lowest BCUT2D eigenvalue weighted by molar-refractivity contribution is 0.262. The number of amides is 2. The van der Waals surface area contributed by atoms with Crippen molar-refractivity contribution in [3.05, 3.63) is 60.2 Å². The normalized spacial score (nSPS) is 9.38. The molecule has 2 rings (SSSR count). The molecule has 0 aliphatic carbocycles. The number of urea groups is 1. The predicted molar refractivity (Wildman–Crippen MR) is 84.1 cm³/mol. The van der Waals surface area contributed by atoms with Gasteiger partial charge in [-0.05, 0) is 30.3 Å². The first-order chi connectivity index (χ1) is 10.3. The minimum atomic E-state index is -0.304. The van der Waals surface area contributed by atoms with Crippen molar-refractivity contribution in [2.75, 3.05) is 17.2 Å². The first kappa shape index (κ1) is 14.6. The van der Waals surface area contributed by atoms with Crippen molar-refractivity contribution in [2.45, 2.75) is 6.42 Å². The number of para-hydroxylation sites is 1. The Morgan fingerprint density at radius 2 is 1.71 bits per heavy atom. The van der Waals surface area contributed by atoms with Gasteiger partial charge in [0, 0.05) is 23.4 Å². The molecule has 0 aliphatic heterocycles. The second kappa shape index (κ2) is 7.73. The van der Waals surface area contributed by atoms with E-state index < -0.39 is 0 Å². The van der Waals surface area contributed by atoms with Crippen LogP contribution < -0.4 is 10.6 Å². The number of hydrogen-bond donors (Lipinski definition) is 3. The van der Waals surface area contributed by atoms with Crippen LogP contribution in [0.4, 0.5) is 16.2 Å². The zero-order chi connectivity index (χ0) is 14.9. The highest BCUT2D eigenvalue weighted by Crippen LogP contribution is 2.11. The van der Waals surface area contributed by atoms with Gasteiger partial charge in [0.2, 0.25) is 0 Å². The molecule has 0 radical (unpaired) electrons. The number of aliphatic hydroxyl groups excluding tert-OH is 1. The summed E-state index contributed by atoms with van der Waals surface area (Å²) in [6, 6.07) is 16.2. The van der Waals surface area contributed by atoms with Gasteiger partial charge >= 0.3 is 6.03 Å². The maximum absolute atomic E-state index is 11.9. The zero-order valence-corrected chi connectivity index (χ0v) is 11.5. The van der Waals surface area contributed by atoms with Gasteiger partial charge in [0.15, 0.2) is 0 Å². The number of rotatable bonds is 3. The molecule has 0 heterocycles. The summed E-state index contributed by atoms with van der Waals surface area (Å²) in [5.74, 6) is 5.77. The SMILES string of the molecule is O=C(Nc1ccccc1)Nc1cccc(C#CCCO)c1. The lowest BCUT2D eigenvalue weighted by atomic mass is 10.2. The minimum Gasteiger partial charge on any atom is -0.395 e. The lowest BCUT2D eigenvalue weighted by Crippen LogP contribution is -2.19. The molecule has 0 saturated heterocycles. The molecule has 0 unspecified atom stereocenters. The molecule has 106 valence electrons. The van der Waals surface area contributed by atoms with Gasteiger partial charge in [0.1, 0.15) is 0 Å². The van der Waals surface area contributed by atoms with Crippen molar-refractivity contribution >= 4 is 17.4 Å². The third kappa shape index (κ3) is 5.01. The van der Waals surface area contributed by atoms with Gasteiger partial charge in [-0.2, -0.15) is 0 Å². The Morgan fingerprint density at radius 1 is 1.00 bits per heavy atom. The average Bonchev–Trinajstić information content (AvgIpc) is 2.49. The number of anilines is 2. The van der Waals surface area contributed by atoms with E-state index in [2.05, 4.69) is 22.5 Å². The molecule has 0 aliphatic rings. The van der Waals surface area contributed by atoms with Crippen LogP contribution >= 0.6 is 0 Å². The summed E-state index contributed by atoms with van der Waals surface area (Å²) in [6.07, 6.45) is 0.437. The van der Waals surface area contributed by atoms with E-state index in [0.29, 0.717) is 12.1 Å². The molecule has 0 bridgehead atoms. The van der Waals surface area contributed by atoms with Gasteiger partial charge in [-0.15, -0.1) is 0 Å². The van der Waals surface area contributed by atoms with Crippen LogP contribution in [0.15, 0.2) is 54.6 Å². The molecule has 0 saturated carbocycles. The lowest BCUT2D eigenvalue weighted by Gasteiger charge is -2.07. The quantitative estimate of drug-likeness (QED) is 0.757. The molecule has 3 N–H and O–H groups in total. The maximum atomic E-state index is 11.9. The van der Waals surface area contributed by atoms with Crippen molar-refractivity contribution in [1.29, 1.82) is 0 Å². The van der Waals surface area contributed by atoms with Crippen LogP contribution in [0, 0.1) is 11.8 Å². The number of benzene rings is 2. The Morgan fingerprint density at radius 3 is 2.48 bits per heavy atom. The maximum Gasteiger partial charge on any atom is 0.323 e. The summed E-state index contributed by atoms with van der Waals surface area (Å²) in [6.45, 7) is 0.0461. The van der Waals surface area contributed by atoms with Crippen LogP contribution in [0.25, 0.3) is 0 Å². The van der Waals surface area contributed by atoms with Crippen molar-refractivity contribution in [2.24, 2.45) is 0 Å². The minimum absolute atomic E-state index is 0.0461. The van der Waals surface area contributed by atoms with Crippen molar-refractivity contribution in [3.63, 3.8) is 0 Å². The zero-order valence-electron chi connectivity index (χ0n) is 11.5. The van der Waals surface area contributed by atoms with E-state index in [1.807, 2.05) is 42.5 Å². The smallest absolute Gasteiger partial charge is 0.323 e. The molecule has 4 nitrogen and oxygen atoms in total. The fraction of sp³-hybridized carbons (Fsp3) is 0.118. The number of nitrogens with one attached hydrogen (secondary N) is 2. The van der Waals surface area contributed by atoms with Crippen LogP contribution in [0.1, 0.15) is 12.0 Å². The van der Waals surface area contributed by atoms with Crippen LogP contribution in [0.2, 0.25) is 0 Å². The summed E-state index contributed by atoms with van der Waals surface area (Å²) in [5, 5.41) is 14.2. The van der Waals surface area contributed by atoms with Crippen LogP contribution in [0.3, 0.4) is 0 Å². The highest BCUT2D eigenvalue weighted by Gasteiger charge is 2.02. The molecule has 0 fully saturated rings. The third-order valence-electron chi connectivity index (χ3n) is 2.62. The topological polar surface area (TPSA) is 61.4 Å². The van der Waals surface area contributed by atoms with Crippen LogP contribution in [-0.4, -0.2) is 17.7 Å². The predicted octanol–water partition coefficient (Wildman–Crippen LogP) is 3.06. The van der Waals surface area contributed by atoms with Gasteiger partial charge < -0.3 is 15.7 Å². The average molecular weight is 280 g/mol. The summed E-state index contributed by atoms with van der Waals surface area (Å²) in [4.78, 5) is 11.9. The Balaban J connectivity index is 1.98. The monoisotopic (exact) mass is 280 g/mol. The summed E-state index contributed by atoms with van der Waals surface area (Å²) >= 11 is 0. The van der Waals surface area contributed by atoms with Gasteiger partial charge in [-0.25, -0.2) is 4.79 Å². The molecule has 2 amide bonds. The van der Waals surface area contributed by atoms with Gasteiger partial charge in [0.25, 0.3) is 0 Å². The molecule has 21 heavy (non-hydrogen) atoms.